The quantitative estimate of drug-likeness (QED) is 0.871. The van der Waals surface area contributed by atoms with E-state index < -0.39 is 0 Å². The molecule has 2 aromatic heterocycles. The topological polar surface area (TPSA) is 46.3 Å². The van der Waals surface area contributed by atoms with Crippen molar-refractivity contribution in [3.63, 3.8) is 0 Å². The number of hydrogen-bond acceptors (Lipinski definition) is 4. The molecule has 1 amide bonds. The zero-order valence-electron chi connectivity index (χ0n) is 11.5. The molecule has 0 bridgehead atoms. The van der Waals surface area contributed by atoms with Gasteiger partial charge in [-0.2, -0.15) is 0 Å². The van der Waals surface area contributed by atoms with E-state index in [-0.39, 0.29) is 5.91 Å². The minimum Gasteiger partial charge on any atom is -0.472 e. The minimum absolute atomic E-state index is 0.0655. The molecule has 1 fully saturated rings. The first kappa shape index (κ1) is 13.4. The van der Waals surface area contributed by atoms with Crippen LogP contribution in [0.25, 0.3) is 0 Å². The predicted molar refractivity (Wildman–Crippen MR) is 78.1 cm³/mol. The van der Waals surface area contributed by atoms with Crippen LogP contribution in [0.4, 0.5) is 0 Å². The van der Waals surface area contributed by atoms with Crippen LogP contribution >= 0.6 is 11.3 Å². The first-order valence-electron chi connectivity index (χ1n) is 7.03. The molecule has 3 heterocycles. The molecule has 2 aromatic rings. The number of nitrogens with zero attached hydrogens (tertiary/aromatic N) is 2. The Morgan fingerprint density at radius 3 is 3.20 bits per heavy atom. The van der Waals surface area contributed by atoms with Gasteiger partial charge in [0.15, 0.2) is 0 Å². The van der Waals surface area contributed by atoms with Gasteiger partial charge in [0, 0.05) is 24.4 Å². The van der Waals surface area contributed by atoms with Gasteiger partial charge in [-0.05, 0) is 25.3 Å². The Kier molecular flexibility index (Phi) is 3.87. The number of furan rings is 1. The summed E-state index contributed by atoms with van der Waals surface area (Å²) >= 11 is 1.72. The van der Waals surface area contributed by atoms with Gasteiger partial charge in [-0.25, -0.2) is 4.98 Å². The third-order valence-electron chi connectivity index (χ3n) is 3.76. The maximum atomic E-state index is 12.3. The van der Waals surface area contributed by atoms with Crippen LogP contribution in [0.15, 0.2) is 28.4 Å². The zero-order valence-corrected chi connectivity index (χ0v) is 12.4. The molecular formula is C15H18N2O2S. The first-order chi connectivity index (χ1) is 9.78. The van der Waals surface area contributed by atoms with Gasteiger partial charge in [0.05, 0.1) is 22.5 Å². The highest BCUT2D eigenvalue weighted by atomic mass is 32.1. The van der Waals surface area contributed by atoms with Crippen molar-refractivity contribution in [2.24, 2.45) is 0 Å². The highest BCUT2D eigenvalue weighted by molar-refractivity contribution is 7.09. The fourth-order valence-corrected chi connectivity index (χ4v) is 3.64. The number of thiazole rings is 1. The van der Waals surface area contributed by atoms with E-state index in [1.807, 2.05) is 4.90 Å². The minimum atomic E-state index is 0.0655. The number of carbonyl (C=O) groups is 1. The highest BCUT2D eigenvalue weighted by Crippen LogP contribution is 2.30. The molecule has 0 aromatic carbocycles. The summed E-state index contributed by atoms with van der Waals surface area (Å²) in [6.45, 7) is 3.71. The lowest BCUT2D eigenvalue weighted by atomic mass is 9.98. The second-order valence-corrected chi connectivity index (χ2v) is 6.02. The van der Waals surface area contributed by atoms with Gasteiger partial charge < -0.3 is 9.32 Å². The van der Waals surface area contributed by atoms with E-state index in [1.54, 1.807) is 23.7 Å². The van der Waals surface area contributed by atoms with Gasteiger partial charge in [-0.15, -0.1) is 11.3 Å². The Balaban J connectivity index is 1.71. The van der Waals surface area contributed by atoms with Crippen molar-refractivity contribution in [2.75, 3.05) is 13.1 Å². The van der Waals surface area contributed by atoms with E-state index in [0.717, 1.165) is 38.0 Å². The summed E-state index contributed by atoms with van der Waals surface area (Å²) in [4.78, 5) is 18.9. The zero-order chi connectivity index (χ0) is 13.9. The molecule has 1 aliphatic heterocycles. The molecule has 0 spiro atoms. The van der Waals surface area contributed by atoms with Crippen LogP contribution in [-0.2, 0) is 6.42 Å². The lowest BCUT2D eigenvalue weighted by molar-refractivity contribution is 0.0706. The molecule has 0 aliphatic carbocycles. The third-order valence-corrected chi connectivity index (χ3v) is 4.81. The van der Waals surface area contributed by atoms with Crippen molar-refractivity contribution < 1.29 is 9.21 Å². The van der Waals surface area contributed by atoms with Crippen molar-refractivity contribution in [1.82, 2.24) is 9.88 Å². The molecule has 1 atom stereocenters. The smallest absolute Gasteiger partial charge is 0.257 e. The molecule has 5 heteroatoms. The van der Waals surface area contributed by atoms with Crippen molar-refractivity contribution in [3.8, 4) is 0 Å². The second kappa shape index (κ2) is 5.79. The fraction of sp³-hybridized carbons (Fsp3) is 0.467. The van der Waals surface area contributed by atoms with Gasteiger partial charge in [0.2, 0.25) is 0 Å². The Labute approximate surface area is 122 Å². The molecule has 1 unspecified atom stereocenters. The molecule has 3 rings (SSSR count). The average Bonchev–Trinajstić information content (AvgIpc) is 3.17. The fourth-order valence-electron chi connectivity index (χ4n) is 2.60. The van der Waals surface area contributed by atoms with Gasteiger partial charge in [-0.3, -0.25) is 4.79 Å². The van der Waals surface area contributed by atoms with Crippen LogP contribution in [0.1, 0.15) is 46.7 Å². The number of likely N-dealkylation sites (tertiary alicyclic amines) is 1. The number of rotatable bonds is 3. The molecule has 0 N–H and O–H groups in total. The molecule has 4 nitrogen and oxygen atoms in total. The Morgan fingerprint density at radius 1 is 1.60 bits per heavy atom. The lowest BCUT2D eigenvalue weighted by Crippen LogP contribution is -2.38. The summed E-state index contributed by atoms with van der Waals surface area (Å²) in [6.07, 6.45) is 6.19. The van der Waals surface area contributed by atoms with E-state index in [0.29, 0.717) is 11.5 Å². The van der Waals surface area contributed by atoms with Gasteiger partial charge in [0.1, 0.15) is 6.26 Å². The predicted octanol–water partition coefficient (Wildman–Crippen LogP) is 3.32. The van der Waals surface area contributed by atoms with E-state index in [4.69, 9.17) is 4.42 Å². The molecule has 0 saturated carbocycles. The molecular weight excluding hydrogens is 272 g/mol. The van der Waals surface area contributed by atoms with Crippen LogP contribution in [0.5, 0.6) is 0 Å². The number of aryl methyl sites for hydroxylation is 1. The maximum Gasteiger partial charge on any atom is 0.257 e. The number of amides is 1. The molecule has 1 saturated heterocycles. The number of aromatic nitrogens is 1. The van der Waals surface area contributed by atoms with Crippen molar-refractivity contribution in [3.05, 3.63) is 40.2 Å². The SMILES string of the molecule is CCc1csc(C2CCCN(C(=O)c3ccoc3)C2)n1. The lowest BCUT2D eigenvalue weighted by Gasteiger charge is -2.31. The summed E-state index contributed by atoms with van der Waals surface area (Å²) in [6, 6.07) is 1.73. The van der Waals surface area contributed by atoms with Crippen LogP contribution in [0.2, 0.25) is 0 Å². The number of carbonyl (C=O) groups excluding carboxylic acids is 1. The monoisotopic (exact) mass is 290 g/mol. The maximum absolute atomic E-state index is 12.3. The summed E-state index contributed by atoms with van der Waals surface area (Å²) in [5.41, 5.74) is 1.79. The molecule has 1 aliphatic rings. The second-order valence-electron chi connectivity index (χ2n) is 5.13. The van der Waals surface area contributed by atoms with E-state index in [2.05, 4.69) is 17.3 Å². The van der Waals surface area contributed by atoms with Crippen LogP contribution in [-0.4, -0.2) is 28.9 Å². The van der Waals surface area contributed by atoms with Gasteiger partial charge in [0.25, 0.3) is 5.91 Å². The Morgan fingerprint density at radius 2 is 2.50 bits per heavy atom. The van der Waals surface area contributed by atoms with Crippen LogP contribution in [0, 0.1) is 0 Å². The third kappa shape index (κ3) is 2.63. The average molecular weight is 290 g/mol. The van der Waals surface area contributed by atoms with Crippen molar-refractivity contribution >= 4 is 17.2 Å². The molecule has 106 valence electrons. The van der Waals surface area contributed by atoms with Crippen molar-refractivity contribution in [2.45, 2.75) is 32.1 Å². The van der Waals surface area contributed by atoms with E-state index in [9.17, 15) is 4.79 Å². The first-order valence-corrected chi connectivity index (χ1v) is 7.91. The largest absolute Gasteiger partial charge is 0.472 e. The summed E-state index contributed by atoms with van der Waals surface area (Å²) < 4.78 is 5.00. The number of hydrogen-bond donors (Lipinski definition) is 0. The normalized spacial score (nSPS) is 19.2. The Bertz CT molecular complexity index is 576. The van der Waals surface area contributed by atoms with Gasteiger partial charge in [-0.1, -0.05) is 6.92 Å². The van der Waals surface area contributed by atoms with E-state index >= 15 is 0 Å². The standard InChI is InChI=1S/C15H18N2O2S/c1-2-13-10-20-14(16-13)11-4-3-6-17(8-11)15(18)12-5-7-19-9-12/h5,7,9-11H,2-4,6,8H2,1H3. The van der Waals surface area contributed by atoms with Crippen molar-refractivity contribution in [1.29, 1.82) is 0 Å². The van der Waals surface area contributed by atoms with Gasteiger partial charge >= 0.3 is 0 Å². The number of piperidine rings is 1. The summed E-state index contributed by atoms with van der Waals surface area (Å²) in [5, 5.41) is 3.30. The highest BCUT2D eigenvalue weighted by Gasteiger charge is 2.27. The van der Waals surface area contributed by atoms with E-state index in [1.165, 1.54) is 11.3 Å². The Hall–Kier alpha value is -1.62. The molecule has 0 radical (unpaired) electrons. The van der Waals surface area contributed by atoms with Crippen LogP contribution in [0.3, 0.4) is 0 Å². The molecule has 20 heavy (non-hydrogen) atoms. The summed E-state index contributed by atoms with van der Waals surface area (Å²) in [5.74, 6) is 0.445. The summed E-state index contributed by atoms with van der Waals surface area (Å²) in [7, 11) is 0. The van der Waals surface area contributed by atoms with Crippen LogP contribution < -0.4 is 0 Å².